The maximum atomic E-state index is 9.48. The molecule has 1 unspecified atom stereocenters. The number of rotatable bonds is 0. The summed E-state index contributed by atoms with van der Waals surface area (Å²) in [6, 6.07) is 0. The van der Waals surface area contributed by atoms with E-state index in [9.17, 15) is 5.11 Å². The Morgan fingerprint density at radius 2 is 1.90 bits per heavy atom. The Bertz CT molecular complexity index is 104. The zero-order valence-electron chi connectivity index (χ0n) is 6.87. The smallest absolute Gasteiger partial charge is 0.102 e. The van der Waals surface area contributed by atoms with Gasteiger partial charge in [0.1, 0.15) is 5.44 Å². The van der Waals surface area contributed by atoms with Crippen molar-refractivity contribution < 1.29 is 5.11 Å². The SMILES string of the molecule is C[C@@H]1C[C@H](C)SC(O)[C@H]1C. The predicted octanol–water partition coefficient (Wildman–Crippen LogP) is 2.10. The van der Waals surface area contributed by atoms with Gasteiger partial charge in [-0.3, -0.25) is 0 Å². The summed E-state index contributed by atoms with van der Waals surface area (Å²) in [5.41, 5.74) is -0.126. The average molecular weight is 160 g/mol. The minimum Gasteiger partial charge on any atom is -0.382 e. The molecule has 1 rings (SSSR count). The van der Waals surface area contributed by atoms with Crippen LogP contribution in [-0.2, 0) is 0 Å². The summed E-state index contributed by atoms with van der Waals surface area (Å²) in [5.74, 6) is 1.16. The van der Waals surface area contributed by atoms with Crippen LogP contribution in [0.4, 0.5) is 0 Å². The average Bonchev–Trinajstić information content (AvgIpc) is 1.82. The first-order valence-electron chi connectivity index (χ1n) is 3.94. The zero-order valence-corrected chi connectivity index (χ0v) is 7.69. The van der Waals surface area contributed by atoms with Crippen LogP contribution in [0.15, 0.2) is 0 Å². The fraction of sp³-hybridized carbons (Fsp3) is 1.00. The van der Waals surface area contributed by atoms with Gasteiger partial charge in [-0.1, -0.05) is 20.8 Å². The molecular formula is C8H16OS. The van der Waals surface area contributed by atoms with Crippen LogP contribution in [0.1, 0.15) is 27.2 Å². The molecule has 0 spiro atoms. The first kappa shape index (κ1) is 8.41. The molecule has 1 aliphatic heterocycles. The number of thioether (sulfide) groups is 1. The normalized spacial score (nSPS) is 49.2. The molecule has 1 aliphatic rings. The summed E-state index contributed by atoms with van der Waals surface area (Å²) in [5, 5.41) is 10.1. The number of hydrogen-bond donors (Lipinski definition) is 1. The highest BCUT2D eigenvalue weighted by atomic mass is 32.2. The molecule has 0 aromatic rings. The summed E-state index contributed by atoms with van der Waals surface area (Å²) < 4.78 is 0. The van der Waals surface area contributed by atoms with Gasteiger partial charge in [0.25, 0.3) is 0 Å². The van der Waals surface area contributed by atoms with Crippen LogP contribution in [0, 0.1) is 11.8 Å². The summed E-state index contributed by atoms with van der Waals surface area (Å²) in [7, 11) is 0. The second kappa shape index (κ2) is 3.14. The summed E-state index contributed by atoms with van der Waals surface area (Å²) in [6.45, 7) is 6.55. The van der Waals surface area contributed by atoms with Crippen molar-refractivity contribution in [3.63, 3.8) is 0 Å². The van der Waals surface area contributed by atoms with Gasteiger partial charge in [-0.2, -0.15) is 0 Å². The van der Waals surface area contributed by atoms with Gasteiger partial charge in [0.2, 0.25) is 0 Å². The largest absolute Gasteiger partial charge is 0.382 e. The van der Waals surface area contributed by atoms with Gasteiger partial charge in [0, 0.05) is 5.25 Å². The van der Waals surface area contributed by atoms with Crippen molar-refractivity contribution in [3.05, 3.63) is 0 Å². The molecular weight excluding hydrogens is 144 g/mol. The lowest BCUT2D eigenvalue weighted by Crippen LogP contribution is -2.30. The highest BCUT2D eigenvalue weighted by Gasteiger charge is 2.29. The van der Waals surface area contributed by atoms with E-state index in [4.69, 9.17) is 0 Å². The van der Waals surface area contributed by atoms with Crippen molar-refractivity contribution in [2.75, 3.05) is 0 Å². The van der Waals surface area contributed by atoms with E-state index in [-0.39, 0.29) is 5.44 Å². The van der Waals surface area contributed by atoms with Crippen LogP contribution in [0.3, 0.4) is 0 Å². The van der Waals surface area contributed by atoms with Gasteiger partial charge in [0.15, 0.2) is 0 Å². The highest BCUT2D eigenvalue weighted by Crippen LogP contribution is 2.37. The molecule has 0 bridgehead atoms. The van der Waals surface area contributed by atoms with E-state index in [2.05, 4.69) is 20.8 Å². The van der Waals surface area contributed by atoms with Crippen molar-refractivity contribution in [1.82, 2.24) is 0 Å². The standard InChI is InChI=1S/C8H16OS/c1-5-4-6(2)10-8(9)7(5)3/h5-9H,4H2,1-3H3/t5-,6+,7+,8?/m1/s1. The van der Waals surface area contributed by atoms with Crippen LogP contribution in [0.5, 0.6) is 0 Å². The van der Waals surface area contributed by atoms with Gasteiger partial charge in [-0.15, -0.1) is 11.8 Å². The third kappa shape index (κ3) is 1.67. The molecule has 0 aliphatic carbocycles. The van der Waals surface area contributed by atoms with E-state index >= 15 is 0 Å². The Hall–Kier alpha value is 0.310. The van der Waals surface area contributed by atoms with Gasteiger partial charge in [0.05, 0.1) is 0 Å². The van der Waals surface area contributed by atoms with E-state index in [1.165, 1.54) is 6.42 Å². The Balaban J connectivity index is 2.49. The molecule has 60 valence electrons. The van der Waals surface area contributed by atoms with E-state index in [1.807, 2.05) is 0 Å². The van der Waals surface area contributed by atoms with E-state index in [0.717, 1.165) is 0 Å². The molecule has 1 nitrogen and oxygen atoms in total. The van der Waals surface area contributed by atoms with Gasteiger partial charge in [-0.05, 0) is 18.3 Å². The molecule has 1 heterocycles. The molecule has 10 heavy (non-hydrogen) atoms. The lowest BCUT2D eigenvalue weighted by Gasteiger charge is -2.33. The second-order valence-electron chi connectivity index (χ2n) is 3.41. The Labute approximate surface area is 67.2 Å². The van der Waals surface area contributed by atoms with Crippen LogP contribution in [0.2, 0.25) is 0 Å². The first-order valence-corrected chi connectivity index (χ1v) is 4.89. The van der Waals surface area contributed by atoms with Crippen molar-refractivity contribution in [2.45, 2.75) is 37.9 Å². The predicted molar refractivity (Wildman–Crippen MR) is 46.0 cm³/mol. The van der Waals surface area contributed by atoms with Crippen molar-refractivity contribution in [2.24, 2.45) is 11.8 Å². The molecule has 2 heteroatoms. The molecule has 0 radical (unpaired) electrons. The fourth-order valence-corrected chi connectivity index (χ4v) is 2.84. The third-order valence-electron chi connectivity index (χ3n) is 2.42. The molecule has 1 saturated heterocycles. The maximum absolute atomic E-state index is 9.48. The van der Waals surface area contributed by atoms with E-state index in [1.54, 1.807) is 11.8 Å². The molecule has 0 aromatic carbocycles. The van der Waals surface area contributed by atoms with Gasteiger partial charge >= 0.3 is 0 Å². The van der Waals surface area contributed by atoms with Crippen LogP contribution in [-0.4, -0.2) is 15.8 Å². The molecule has 0 aromatic heterocycles. The van der Waals surface area contributed by atoms with Gasteiger partial charge < -0.3 is 5.11 Å². The van der Waals surface area contributed by atoms with E-state index < -0.39 is 0 Å². The van der Waals surface area contributed by atoms with Crippen LogP contribution >= 0.6 is 11.8 Å². The topological polar surface area (TPSA) is 20.2 Å². The number of aliphatic hydroxyl groups excluding tert-OH is 1. The third-order valence-corrected chi connectivity index (χ3v) is 3.79. The fourth-order valence-electron chi connectivity index (χ4n) is 1.44. The Morgan fingerprint density at radius 1 is 1.30 bits per heavy atom. The molecule has 0 saturated carbocycles. The first-order chi connectivity index (χ1) is 4.61. The zero-order chi connectivity index (χ0) is 7.72. The number of aliphatic hydroxyl groups is 1. The Morgan fingerprint density at radius 3 is 2.40 bits per heavy atom. The highest BCUT2D eigenvalue weighted by molar-refractivity contribution is 8.00. The monoisotopic (exact) mass is 160 g/mol. The van der Waals surface area contributed by atoms with Gasteiger partial charge in [-0.25, -0.2) is 0 Å². The maximum Gasteiger partial charge on any atom is 0.102 e. The Kier molecular flexibility index (Phi) is 2.64. The lowest BCUT2D eigenvalue weighted by atomic mass is 9.91. The molecule has 0 amide bonds. The quantitative estimate of drug-likeness (QED) is 0.585. The summed E-state index contributed by atoms with van der Waals surface area (Å²) in [4.78, 5) is 0. The molecule has 1 N–H and O–H groups in total. The second-order valence-corrected chi connectivity index (χ2v) is 4.97. The van der Waals surface area contributed by atoms with Crippen LogP contribution < -0.4 is 0 Å². The number of hydrogen-bond acceptors (Lipinski definition) is 2. The molecule has 4 atom stereocenters. The summed E-state index contributed by atoms with van der Waals surface area (Å²) in [6.07, 6.45) is 1.25. The lowest BCUT2D eigenvalue weighted by molar-refractivity contribution is 0.149. The summed E-state index contributed by atoms with van der Waals surface area (Å²) >= 11 is 1.71. The minimum atomic E-state index is -0.126. The minimum absolute atomic E-state index is 0.126. The van der Waals surface area contributed by atoms with Crippen molar-refractivity contribution >= 4 is 11.8 Å². The van der Waals surface area contributed by atoms with E-state index in [0.29, 0.717) is 17.1 Å². The molecule has 1 fully saturated rings. The van der Waals surface area contributed by atoms with Crippen molar-refractivity contribution in [1.29, 1.82) is 0 Å². The van der Waals surface area contributed by atoms with Crippen LogP contribution in [0.25, 0.3) is 0 Å². The van der Waals surface area contributed by atoms with Crippen molar-refractivity contribution in [3.8, 4) is 0 Å².